The van der Waals surface area contributed by atoms with E-state index in [1.807, 2.05) is 35.4 Å². The van der Waals surface area contributed by atoms with Gasteiger partial charge in [-0.25, -0.2) is 4.98 Å². The minimum Gasteiger partial charge on any atom is -0.367 e. The predicted octanol–water partition coefficient (Wildman–Crippen LogP) is 2.84. The van der Waals surface area contributed by atoms with Crippen molar-refractivity contribution in [2.45, 2.75) is 25.8 Å². The fourth-order valence-electron chi connectivity index (χ4n) is 3.54. The van der Waals surface area contributed by atoms with E-state index in [9.17, 15) is 4.79 Å². The Morgan fingerprint density at radius 3 is 2.58 bits per heavy atom. The molecule has 0 radical (unpaired) electrons. The van der Waals surface area contributed by atoms with Crippen molar-refractivity contribution >= 4 is 23.2 Å². The molecule has 0 saturated carbocycles. The molecule has 2 aliphatic rings. The number of amides is 1. The van der Waals surface area contributed by atoms with Gasteiger partial charge < -0.3 is 14.4 Å². The number of halogens is 1. The molecule has 0 aliphatic carbocycles. The molecule has 126 valence electrons. The summed E-state index contributed by atoms with van der Waals surface area (Å²) in [6.45, 7) is 3.97. The zero-order valence-corrected chi connectivity index (χ0v) is 14.4. The molecule has 1 aromatic heterocycles. The molecule has 4 rings (SSSR count). The Morgan fingerprint density at radius 2 is 1.83 bits per heavy atom. The molecular formula is C18H21ClN4O. The van der Waals surface area contributed by atoms with Crippen molar-refractivity contribution in [3.63, 3.8) is 0 Å². The number of nitrogens with zero attached hydrogens (tertiary/aromatic N) is 4. The van der Waals surface area contributed by atoms with E-state index in [-0.39, 0.29) is 5.91 Å². The highest BCUT2D eigenvalue weighted by Crippen LogP contribution is 2.26. The van der Waals surface area contributed by atoms with Crippen LogP contribution in [0.5, 0.6) is 0 Å². The largest absolute Gasteiger partial charge is 0.367 e. The quantitative estimate of drug-likeness (QED) is 0.841. The number of aryl methyl sites for hydroxylation is 2. The Bertz CT molecular complexity index is 726. The van der Waals surface area contributed by atoms with Crippen LogP contribution >= 0.6 is 11.6 Å². The van der Waals surface area contributed by atoms with Gasteiger partial charge in [-0.1, -0.05) is 23.7 Å². The summed E-state index contributed by atoms with van der Waals surface area (Å²) in [5.41, 5.74) is 1.64. The molecule has 0 unspecified atom stereocenters. The van der Waals surface area contributed by atoms with Crippen molar-refractivity contribution < 1.29 is 4.79 Å². The van der Waals surface area contributed by atoms with Gasteiger partial charge in [0, 0.05) is 45.3 Å². The van der Waals surface area contributed by atoms with Gasteiger partial charge in [0.15, 0.2) is 0 Å². The van der Waals surface area contributed by atoms with E-state index >= 15 is 0 Å². The number of rotatable bonds is 2. The Morgan fingerprint density at radius 1 is 1.04 bits per heavy atom. The lowest BCUT2D eigenvalue weighted by Crippen LogP contribution is -2.49. The highest BCUT2D eigenvalue weighted by Gasteiger charge is 2.25. The first-order valence-corrected chi connectivity index (χ1v) is 8.95. The molecule has 6 heteroatoms. The van der Waals surface area contributed by atoms with Gasteiger partial charge in [0.05, 0.1) is 10.7 Å². The molecule has 0 spiro atoms. The van der Waals surface area contributed by atoms with Crippen LogP contribution in [0.1, 0.15) is 29.2 Å². The van der Waals surface area contributed by atoms with Gasteiger partial charge in [0.1, 0.15) is 11.5 Å². The van der Waals surface area contributed by atoms with E-state index in [2.05, 4.69) is 14.5 Å². The molecule has 1 fully saturated rings. The summed E-state index contributed by atoms with van der Waals surface area (Å²) >= 11 is 6.28. The van der Waals surface area contributed by atoms with Crippen LogP contribution in [0.4, 0.5) is 5.69 Å². The van der Waals surface area contributed by atoms with Crippen molar-refractivity contribution in [2.75, 3.05) is 31.1 Å². The maximum atomic E-state index is 12.7. The molecular weight excluding hydrogens is 324 g/mol. The van der Waals surface area contributed by atoms with Gasteiger partial charge in [-0.2, -0.15) is 0 Å². The SMILES string of the molecule is O=C(c1cn2c(n1)CCCC2)N1CCN(c2ccccc2Cl)CC1. The van der Waals surface area contributed by atoms with Crippen LogP contribution in [-0.2, 0) is 13.0 Å². The van der Waals surface area contributed by atoms with Crippen LogP contribution in [0, 0.1) is 0 Å². The molecule has 24 heavy (non-hydrogen) atoms. The fraction of sp³-hybridized carbons (Fsp3) is 0.444. The van der Waals surface area contributed by atoms with Crippen LogP contribution in [0.15, 0.2) is 30.5 Å². The van der Waals surface area contributed by atoms with E-state index in [1.165, 1.54) is 12.8 Å². The van der Waals surface area contributed by atoms with Crippen molar-refractivity contribution in [2.24, 2.45) is 0 Å². The molecule has 1 amide bonds. The number of fused-ring (bicyclic) bond motifs is 1. The van der Waals surface area contributed by atoms with Crippen LogP contribution < -0.4 is 4.90 Å². The van der Waals surface area contributed by atoms with Crippen molar-refractivity contribution in [1.29, 1.82) is 0 Å². The zero-order valence-electron chi connectivity index (χ0n) is 13.6. The molecule has 2 aliphatic heterocycles. The number of benzene rings is 1. The van der Waals surface area contributed by atoms with Gasteiger partial charge in [0.2, 0.25) is 0 Å². The third-order valence-electron chi connectivity index (χ3n) is 4.89. The average Bonchev–Trinajstić information content (AvgIpc) is 3.06. The molecule has 1 saturated heterocycles. The average molecular weight is 345 g/mol. The molecule has 3 heterocycles. The van der Waals surface area contributed by atoms with Crippen LogP contribution in [0.25, 0.3) is 0 Å². The molecule has 0 N–H and O–H groups in total. The second-order valence-corrected chi connectivity index (χ2v) is 6.83. The number of hydrogen-bond donors (Lipinski definition) is 0. The number of aromatic nitrogens is 2. The van der Waals surface area contributed by atoms with Crippen molar-refractivity contribution in [1.82, 2.24) is 14.5 Å². The van der Waals surface area contributed by atoms with Crippen LogP contribution in [-0.4, -0.2) is 46.5 Å². The predicted molar refractivity (Wildman–Crippen MR) is 94.7 cm³/mol. The molecule has 5 nitrogen and oxygen atoms in total. The van der Waals surface area contributed by atoms with E-state index in [1.54, 1.807) is 0 Å². The minimum atomic E-state index is 0.0516. The lowest BCUT2D eigenvalue weighted by molar-refractivity contribution is 0.0741. The van der Waals surface area contributed by atoms with E-state index in [0.29, 0.717) is 18.8 Å². The van der Waals surface area contributed by atoms with Crippen LogP contribution in [0.3, 0.4) is 0 Å². The third-order valence-corrected chi connectivity index (χ3v) is 5.21. The van der Waals surface area contributed by atoms with Gasteiger partial charge >= 0.3 is 0 Å². The summed E-state index contributed by atoms with van der Waals surface area (Å²) in [4.78, 5) is 21.4. The highest BCUT2D eigenvalue weighted by molar-refractivity contribution is 6.33. The summed E-state index contributed by atoms with van der Waals surface area (Å²) in [7, 11) is 0. The maximum Gasteiger partial charge on any atom is 0.274 e. The summed E-state index contributed by atoms with van der Waals surface area (Å²) < 4.78 is 2.14. The van der Waals surface area contributed by atoms with Gasteiger partial charge in [-0.15, -0.1) is 0 Å². The number of para-hydroxylation sites is 1. The van der Waals surface area contributed by atoms with Crippen molar-refractivity contribution in [3.05, 3.63) is 47.0 Å². The fourth-order valence-corrected chi connectivity index (χ4v) is 3.79. The molecule has 0 bridgehead atoms. The zero-order chi connectivity index (χ0) is 16.5. The number of hydrogen-bond acceptors (Lipinski definition) is 3. The third kappa shape index (κ3) is 2.88. The lowest BCUT2D eigenvalue weighted by Gasteiger charge is -2.36. The van der Waals surface area contributed by atoms with E-state index in [0.717, 1.165) is 42.6 Å². The Kier molecular flexibility index (Phi) is 4.19. The molecule has 0 atom stereocenters. The minimum absolute atomic E-state index is 0.0516. The number of piperazine rings is 1. The Balaban J connectivity index is 1.43. The molecule has 2 aromatic rings. The van der Waals surface area contributed by atoms with Gasteiger partial charge in [0.25, 0.3) is 5.91 Å². The summed E-state index contributed by atoms with van der Waals surface area (Å²) in [5, 5.41) is 0.763. The monoisotopic (exact) mass is 344 g/mol. The highest BCUT2D eigenvalue weighted by atomic mass is 35.5. The second-order valence-electron chi connectivity index (χ2n) is 6.42. The van der Waals surface area contributed by atoms with Crippen molar-refractivity contribution in [3.8, 4) is 0 Å². The first-order valence-electron chi connectivity index (χ1n) is 8.57. The number of carbonyl (C=O) groups is 1. The lowest BCUT2D eigenvalue weighted by atomic mass is 10.2. The standard InChI is InChI=1S/C18H21ClN4O/c19-14-5-1-2-6-16(14)21-9-11-22(12-10-21)18(24)15-13-23-8-4-3-7-17(23)20-15/h1-2,5-6,13H,3-4,7-12H2. The topological polar surface area (TPSA) is 41.4 Å². The summed E-state index contributed by atoms with van der Waals surface area (Å²) in [6.07, 6.45) is 5.25. The first kappa shape index (κ1) is 15.5. The van der Waals surface area contributed by atoms with Crippen LogP contribution in [0.2, 0.25) is 5.02 Å². The summed E-state index contributed by atoms with van der Waals surface area (Å²) in [5.74, 6) is 1.11. The number of anilines is 1. The number of imidazole rings is 1. The smallest absolute Gasteiger partial charge is 0.274 e. The summed E-state index contributed by atoms with van der Waals surface area (Å²) in [6, 6.07) is 7.87. The Labute approximate surface area is 146 Å². The first-order chi connectivity index (χ1) is 11.7. The number of carbonyl (C=O) groups excluding carboxylic acids is 1. The second kappa shape index (κ2) is 6.48. The van der Waals surface area contributed by atoms with E-state index < -0.39 is 0 Å². The molecule has 1 aromatic carbocycles. The van der Waals surface area contributed by atoms with Gasteiger partial charge in [-0.3, -0.25) is 4.79 Å². The van der Waals surface area contributed by atoms with Gasteiger partial charge in [-0.05, 0) is 25.0 Å². The normalized spacial score (nSPS) is 17.7. The van der Waals surface area contributed by atoms with E-state index in [4.69, 9.17) is 11.6 Å². The Hall–Kier alpha value is -2.01. The maximum absolute atomic E-state index is 12.7.